The van der Waals surface area contributed by atoms with Gasteiger partial charge in [0.05, 0.1) is 12.1 Å². The molecule has 7 rings (SSSR count). The normalized spacial score (nSPS) is 21.0. The smallest absolute Gasteiger partial charge is 0.263 e. The third-order valence-corrected chi connectivity index (χ3v) is 10.2. The number of ether oxygens (including phenoxy) is 1. The molecule has 1 fully saturated rings. The lowest BCUT2D eigenvalue weighted by atomic mass is 10.0. The molecule has 2 bridgehead atoms. The zero-order valence-corrected chi connectivity index (χ0v) is 32.7. The van der Waals surface area contributed by atoms with Crippen LogP contribution in [-0.2, 0) is 47.2 Å². The lowest BCUT2D eigenvalue weighted by Gasteiger charge is -2.25. The van der Waals surface area contributed by atoms with Gasteiger partial charge < -0.3 is 30.6 Å². The first-order valence-corrected chi connectivity index (χ1v) is 19.4. The number of carbonyl (C=O) groups excluding carboxylic acids is 4. The fourth-order valence-corrected chi connectivity index (χ4v) is 6.82. The Bertz CT molecular complexity index is 2090. The summed E-state index contributed by atoms with van der Waals surface area (Å²) in [5.41, 5.74) is 1.71. The molecule has 4 N–H and O–H groups in total. The Balaban J connectivity index is 1.34. The molecular weight excluding hydrogens is 713 g/mol. The molecule has 0 unspecified atom stereocenters. The van der Waals surface area contributed by atoms with Crippen LogP contribution in [0.4, 0.5) is 0 Å². The second kappa shape index (κ2) is 17.8. The van der Waals surface area contributed by atoms with Gasteiger partial charge in [-0.05, 0) is 86.8 Å². The fourth-order valence-electron chi connectivity index (χ4n) is 6.82. The molecule has 1 saturated carbocycles. The first-order valence-electron chi connectivity index (χ1n) is 19.4. The predicted octanol–water partition coefficient (Wildman–Crippen LogP) is 3.11. The van der Waals surface area contributed by atoms with E-state index in [0.29, 0.717) is 53.8 Å². The summed E-state index contributed by atoms with van der Waals surface area (Å²) in [4.78, 5) is 73.1. The SMILES string of the molecule is Cc1ccc(C(=O)N[C@H]2Cc3ccc(cc3)OC[C@H](CC(C)C)NC(=O)Cn3nc(CC4CC4)nc3[C@@H](Cc3ccccc3)NC(=O)[C@@H](C)NC2=O)c(=O)n1C. The topological polar surface area (TPSA) is 178 Å². The molecule has 4 aromatic rings. The van der Waals surface area contributed by atoms with Gasteiger partial charge in [0.1, 0.15) is 36.5 Å². The summed E-state index contributed by atoms with van der Waals surface area (Å²) in [5, 5.41) is 16.5. The van der Waals surface area contributed by atoms with Gasteiger partial charge in [-0.25, -0.2) is 9.67 Å². The molecule has 56 heavy (non-hydrogen) atoms. The molecule has 4 amide bonds. The minimum Gasteiger partial charge on any atom is -0.491 e. The van der Waals surface area contributed by atoms with Crippen molar-refractivity contribution in [1.82, 2.24) is 40.6 Å². The molecule has 1 aliphatic carbocycles. The number of nitrogens with one attached hydrogen (secondary N) is 4. The van der Waals surface area contributed by atoms with Gasteiger partial charge in [-0.2, -0.15) is 5.10 Å². The fraction of sp³-hybridized carbons (Fsp3) is 0.452. The van der Waals surface area contributed by atoms with Crippen LogP contribution in [0.1, 0.15) is 84.9 Å². The molecule has 0 saturated heterocycles. The van der Waals surface area contributed by atoms with E-state index < -0.39 is 41.4 Å². The molecule has 3 aliphatic rings. The lowest BCUT2D eigenvalue weighted by Crippen LogP contribution is -2.54. The standard InChI is InChI=1S/C42H52N8O6/c1-25(2)19-31-24-56-32-16-14-29(15-17-32)21-35(46-40(53)33-18-11-26(3)49(5)42(33)55)41(54)43-27(4)39(52)45-34(20-28-9-7-6-8-10-28)38-47-36(22-30-12-13-30)48-50(38)23-37(51)44-31/h6-11,14-18,25,27,30-31,34-35H,12-13,19-24H2,1-5H3,(H,43,54)(H,44,51)(H,45,52)(H,46,53)/t27-,31+,34-,35+/m1/s1. The van der Waals surface area contributed by atoms with Crippen LogP contribution < -0.4 is 31.6 Å². The minimum absolute atomic E-state index is 0.0634. The van der Waals surface area contributed by atoms with Gasteiger partial charge in [0.15, 0.2) is 11.6 Å². The van der Waals surface area contributed by atoms with Gasteiger partial charge in [-0.1, -0.05) is 56.3 Å². The third kappa shape index (κ3) is 10.5. The molecule has 0 spiro atoms. The van der Waals surface area contributed by atoms with Gasteiger partial charge in [0, 0.05) is 25.6 Å². The van der Waals surface area contributed by atoms with Crippen LogP contribution >= 0.6 is 0 Å². The van der Waals surface area contributed by atoms with Crippen molar-refractivity contribution in [1.29, 1.82) is 0 Å². The van der Waals surface area contributed by atoms with E-state index in [-0.39, 0.29) is 43.0 Å². The van der Waals surface area contributed by atoms with Crippen LogP contribution in [0.2, 0.25) is 0 Å². The van der Waals surface area contributed by atoms with E-state index in [2.05, 4.69) is 35.1 Å². The highest BCUT2D eigenvalue weighted by Gasteiger charge is 2.31. The summed E-state index contributed by atoms with van der Waals surface area (Å²) in [5.74, 6) is 0.296. The first kappa shape index (κ1) is 39.9. The molecule has 2 aliphatic heterocycles. The third-order valence-electron chi connectivity index (χ3n) is 10.2. The van der Waals surface area contributed by atoms with Crippen LogP contribution in [-0.4, -0.2) is 67.7 Å². The number of aromatic nitrogens is 4. The van der Waals surface area contributed by atoms with Crippen LogP contribution in [0.15, 0.2) is 71.5 Å². The maximum Gasteiger partial charge on any atom is 0.263 e. The van der Waals surface area contributed by atoms with E-state index in [1.54, 1.807) is 55.9 Å². The highest BCUT2D eigenvalue weighted by molar-refractivity contribution is 5.98. The van der Waals surface area contributed by atoms with Gasteiger partial charge >= 0.3 is 0 Å². The number of carbonyl (C=O) groups is 4. The number of hydrogen-bond acceptors (Lipinski definition) is 8. The number of amides is 4. The molecule has 14 nitrogen and oxygen atoms in total. The Hall–Kier alpha value is -5.79. The van der Waals surface area contributed by atoms with Crippen molar-refractivity contribution in [2.45, 2.75) is 96.9 Å². The van der Waals surface area contributed by atoms with Crippen molar-refractivity contribution >= 4 is 23.6 Å². The monoisotopic (exact) mass is 764 g/mol. The number of aryl methyl sites for hydroxylation is 1. The highest BCUT2D eigenvalue weighted by Crippen LogP contribution is 2.32. The minimum atomic E-state index is -1.14. The average molecular weight is 765 g/mol. The summed E-state index contributed by atoms with van der Waals surface area (Å²) < 4.78 is 9.10. The van der Waals surface area contributed by atoms with E-state index in [0.717, 1.165) is 18.4 Å². The Labute approximate surface area is 326 Å². The average Bonchev–Trinajstić information content (AvgIpc) is 3.89. The molecule has 14 heteroatoms. The van der Waals surface area contributed by atoms with Crippen LogP contribution in [0.5, 0.6) is 5.75 Å². The zero-order valence-electron chi connectivity index (χ0n) is 32.7. The summed E-state index contributed by atoms with van der Waals surface area (Å²) in [6.45, 7) is 7.58. The number of hydrogen-bond donors (Lipinski definition) is 4. The van der Waals surface area contributed by atoms with E-state index in [9.17, 15) is 24.0 Å². The van der Waals surface area contributed by atoms with Gasteiger partial charge in [-0.15, -0.1) is 0 Å². The van der Waals surface area contributed by atoms with E-state index in [4.69, 9.17) is 14.8 Å². The molecule has 296 valence electrons. The number of rotatable bonds is 8. The Morgan fingerprint density at radius 3 is 2.36 bits per heavy atom. The summed E-state index contributed by atoms with van der Waals surface area (Å²) in [6.07, 6.45) is 3.94. The number of benzene rings is 2. The van der Waals surface area contributed by atoms with Gasteiger partial charge in [0.2, 0.25) is 17.7 Å². The molecule has 0 radical (unpaired) electrons. The molecular formula is C42H52N8O6. The maximum atomic E-state index is 14.0. The molecule has 2 aromatic heterocycles. The summed E-state index contributed by atoms with van der Waals surface area (Å²) >= 11 is 0. The van der Waals surface area contributed by atoms with Crippen molar-refractivity contribution in [2.75, 3.05) is 6.61 Å². The van der Waals surface area contributed by atoms with Crippen LogP contribution in [0, 0.1) is 18.8 Å². The highest BCUT2D eigenvalue weighted by atomic mass is 16.5. The van der Waals surface area contributed by atoms with E-state index in [1.165, 1.54) is 10.6 Å². The van der Waals surface area contributed by atoms with Crippen molar-refractivity contribution < 1.29 is 23.9 Å². The maximum absolute atomic E-state index is 14.0. The largest absolute Gasteiger partial charge is 0.491 e. The Kier molecular flexibility index (Phi) is 12.7. The van der Waals surface area contributed by atoms with Crippen LogP contribution in [0.25, 0.3) is 0 Å². The van der Waals surface area contributed by atoms with Crippen molar-refractivity contribution in [3.63, 3.8) is 0 Å². The predicted molar refractivity (Wildman–Crippen MR) is 210 cm³/mol. The molecule has 4 heterocycles. The van der Waals surface area contributed by atoms with Crippen molar-refractivity contribution in [2.24, 2.45) is 18.9 Å². The lowest BCUT2D eigenvalue weighted by molar-refractivity contribution is -0.130. The van der Waals surface area contributed by atoms with Gasteiger partial charge in [0.25, 0.3) is 11.5 Å². The number of nitrogens with zero attached hydrogens (tertiary/aromatic N) is 4. The summed E-state index contributed by atoms with van der Waals surface area (Å²) in [6, 6.07) is 16.6. The molecule has 4 atom stereocenters. The van der Waals surface area contributed by atoms with Crippen LogP contribution in [0.3, 0.4) is 0 Å². The van der Waals surface area contributed by atoms with E-state index >= 15 is 0 Å². The van der Waals surface area contributed by atoms with Gasteiger partial charge in [-0.3, -0.25) is 24.0 Å². The summed E-state index contributed by atoms with van der Waals surface area (Å²) in [7, 11) is 1.58. The van der Waals surface area contributed by atoms with Crippen molar-refractivity contribution in [3.8, 4) is 5.75 Å². The second-order valence-corrected chi connectivity index (χ2v) is 15.5. The first-order chi connectivity index (χ1) is 26.8. The quantitative estimate of drug-likeness (QED) is 0.212. The van der Waals surface area contributed by atoms with E-state index in [1.807, 2.05) is 30.3 Å². The van der Waals surface area contributed by atoms with Crippen molar-refractivity contribution in [3.05, 3.63) is 111 Å². The second-order valence-electron chi connectivity index (χ2n) is 15.5. The zero-order chi connectivity index (χ0) is 39.9. The number of pyridine rings is 1. The Morgan fingerprint density at radius 1 is 0.929 bits per heavy atom. The number of fused-ring (bicyclic) bond motifs is 14. The Morgan fingerprint density at radius 2 is 1.66 bits per heavy atom. The molecule has 2 aromatic carbocycles.